The van der Waals surface area contributed by atoms with Crippen molar-refractivity contribution in [3.63, 3.8) is 0 Å². The molecule has 2 heterocycles. The van der Waals surface area contributed by atoms with Crippen LogP contribution in [-0.4, -0.2) is 37.0 Å². The van der Waals surface area contributed by atoms with Gasteiger partial charge in [0.2, 0.25) is 0 Å². The first-order chi connectivity index (χ1) is 12.8. The van der Waals surface area contributed by atoms with E-state index in [9.17, 15) is 0 Å². The Hall–Kier alpha value is -1.85. The Morgan fingerprint density at radius 1 is 1.12 bits per heavy atom. The number of benzene rings is 1. The molecule has 0 radical (unpaired) electrons. The van der Waals surface area contributed by atoms with E-state index in [-0.39, 0.29) is 0 Å². The highest BCUT2D eigenvalue weighted by Gasteiger charge is 2.20. The van der Waals surface area contributed by atoms with Gasteiger partial charge in [0, 0.05) is 42.5 Å². The van der Waals surface area contributed by atoms with Gasteiger partial charge in [-0.15, -0.1) is 11.3 Å². The largest absolute Gasteiger partial charge is 0.354 e. The third-order valence-corrected chi connectivity index (χ3v) is 6.13. The van der Waals surface area contributed by atoms with Gasteiger partial charge in [0.25, 0.3) is 0 Å². The van der Waals surface area contributed by atoms with E-state index in [2.05, 4.69) is 69.9 Å². The lowest BCUT2D eigenvalue weighted by Gasteiger charge is -2.33. The van der Waals surface area contributed by atoms with E-state index < -0.39 is 0 Å². The lowest BCUT2D eigenvalue weighted by atomic mass is 10.0. The summed E-state index contributed by atoms with van der Waals surface area (Å²) >= 11 is 1.88. The Kier molecular flexibility index (Phi) is 7.09. The van der Waals surface area contributed by atoms with Crippen LogP contribution in [0.4, 0.5) is 0 Å². The zero-order valence-electron chi connectivity index (χ0n) is 15.9. The highest BCUT2D eigenvalue weighted by Crippen LogP contribution is 2.17. The fourth-order valence-electron chi connectivity index (χ4n) is 3.34. The molecular weight excluding hydrogens is 340 g/mol. The van der Waals surface area contributed by atoms with Crippen molar-refractivity contribution in [2.75, 3.05) is 20.1 Å². The molecule has 0 spiro atoms. The smallest absolute Gasteiger partial charge is 0.191 e. The summed E-state index contributed by atoms with van der Waals surface area (Å²) in [5.74, 6) is 0.915. The molecule has 26 heavy (non-hydrogen) atoms. The van der Waals surface area contributed by atoms with Gasteiger partial charge in [-0.3, -0.25) is 9.89 Å². The molecule has 1 aromatic carbocycles. The molecule has 1 aromatic heterocycles. The van der Waals surface area contributed by atoms with Gasteiger partial charge in [-0.05, 0) is 37.0 Å². The van der Waals surface area contributed by atoms with Gasteiger partial charge in [-0.1, -0.05) is 37.3 Å². The fourth-order valence-corrected chi connectivity index (χ4v) is 4.24. The number of hydrogen-bond donors (Lipinski definition) is 2. The Bertz CT molecular complexity index is 687. The second-order valence-electron chi connectivity index (χ2n) is 6.83. The van der Waals surface area contributed by atoms with Crippen molar-refractivity contribution in [1.29, 1.82) is 0 Å². The zero-order valence-corrected chi connectivity index (χ0v) is 16.7. The van der Waals surface area contributed by atoms with Gasteiger partial charge in [0.1, 0.15) is 0 Å². The number of likely N-dealkylation sites (tertiary alicyclic amines) is 1. The van der Waals surface area contributed by atoms with E-state index >= 15 is 0 Å². The molecule has 2 aromatic rings. The second kappa shape index (κ2) is 9.74. The first-order valence-electron chi connectivity index (χ1n) is 9.58. The highest BCUT2D eigenvalue weighted by atomic mass is 32.1. The van der Waals surface area contributed by atoms with Gasteiger partial charge < -0.3 is 10.6 Å². The van der Waals surface area contributed by atoms with Crippen molar-refractivity contribution in [3.8, 4) is 0 Å². The Morgan fingerprint density at radius 2 is 1.85 bits per heavy atom. The summed E-state index contributed by atoms with van der Waals surface area (Å²) in [5, 5.41) is 7.06. The zero-order chi connectivity index (χ0) is 18.2. The SMILES string of the molecule is CCc1ccc(CNC(=NC)NC2CCN(Cc3ccccc3)CC2)s1. The Morgan fingerprint density at radius 3 is 2.50 bits per heavy atom. The maximum Gasteiger partial charge on any atom is 0.191 e. The third-order valence-electron chi connectivity index (χ3n) is 4.90. The Labute approximate surface area is 161 Å². The van der Waals surface area contributed by atoms with E-state index in [4.69, 9.17) is 0 Å². The van der Waals surface area contributed by atoms with Crippen LogP contribution in [0.5, 0.6) is 0 Å². The second-order valence-corrected chi connectivity index (χ2v) is 8.08. The number of rotatable bonds is 6. The molecule has 0 bridgehead atoms. The molecule has 3 rings (SSSR count). The quantitative estimate of drug-likeness (QED) is 0.602. The van der Waals surface area contributed by atoms with E-state index in [1.54, 1.807) is 0 Å². The summed E-state index contributed by atoms with van der Waals surface area (Å²) in [5.41, 5.74) is 1.40. The molecule has 0 amide bonds. The maximum atomic E-state index is 4.40. The maximum absolute atomic E-state index is 4.40. The molecule has 1 saturated heterocycles. The van der Waals surface area contributed by atoms with Gasteiger partial charge in [-0.2, -0.15) is 0 Å². The molecule has 4 nitrogen and oxygen atoms in total. The molecule has 5 heteroatoms. The molecule has 1 aliphatic heterocycles. The van der Waals surface area contributed by atoms with Crippen LogP contribution in [-0.2, 0) is 19.5 Å². The van der Waals surface area contributed by atoms with Gasteiger partial charge >= 0.3 is 0 Å². The monoisotopic (exact) mass is 370 g/mol. The first kappa shape index (κ1) is 18.9. The van der Waals surface area contributed by atoms with Crippen molar-refractivity contribution in [2.24, 2.45) is 4.99 Å². The number of nitrogens with one attached hydrogen (secondary N) is 2. The van der Waals surface area contributed by atoms with Crippen LogP contribution in [0.15, 0.2) is 47.5 Å². The normalized spacial score (nSPS) is 16.6. The van der Waals surface area contributed by atoms with Crippen molar-refractivity contribution < 1.29 is 0 Å². The highest BCUT2D eigenvalue weighted by molar-refractivity contribution is 7.11. The number of hydrogen-bond acceptors (Lipinski definition) is 3. The first-order valence-corrected chi connectivity index (χ1v) is 10.4. The summed E-state index contributed by atoms with van der Waals surface area (Å²) < 4.78 is 0. The van der Waals surface area contributed by atoms with Crippen molar-refractivity contribution in [1.82, 2.24) is 15.5 Å². The Balaban J connectivity index is 1.41. The summed E-state index contributed by atoms with van der Waals surface area (Å²) in [7, 11) is 1.85. The fraction of sp³-hybridized carbons (Fsp3) is 0.476. The van der Waals surface area contributed by atoms with E-state index in [0.29, 0.717) is 6.04 Å². The summed E-state index contributed by atoms with van der Waals surface area (Å²) in [6.07, 6.45) is 3.43. The number of nitrogens with zero attached hydrogens (tertiary/aromatic N) is 2. The van der Waals surface area contributed by atoms with Gasteiger partial charge in [0.15, 0.2) is 5.96 Å². The van der Waals surface area contributed by atoms with Crippen LogP contribution in [0.1, 0.15) is 35.1 Å². The summed E-state index contributed by atoms with van der Waals surface area (Å²) in [4.78, 5) is 9.74. The molecular formula is C21H30N4S. The number of thiophene rings is 1. The van der Waals surface area contributed by atoms with E-state index in [1.807, 2.05) is 18.4 Å². The molecule has 0 unspecified atom stereocenters. The average molecular weight is 371 g/mol. The molecule has 0 atom stereocenters. The number of piperidine rings is 1. The number of aliphatic imine (C=N–C) groups is 1. The van der Waals surface area contributed by atoms with Gasteiger partial charge in [0.05, 0.1) is 6.54 Å². The molecule has 0 saturated carbocycles. The molecule has 1 aliphatic rings. The molecule has 140 valence electrons. The predicted molar refractivity (Wildman–Crippen MR) is 112 cm³/mol. The van der Waals surface area contributed by atoms with E-state index in [1.165, 1.54) is 15.3 Å². The van der Waals surface area contributed by atoms with Crippen molar-refractivity contribution >= 4 is 17.3 Å². The number of guanidine groups is 1. The predicted octanol–water partition coefficient (Wildman–Crippen LogP) is 3.64. The van der Waals surface area contributed by atoms with Crippen LogP contribution < -0.4 is 10.6 Å². The summed E-state index contributed by atoms with van der Waals surface area (Å²) in [6, 6.07) is 15.7. The molecule has 2 N–H and O–H groups in total. The van der Waals surface area contributed by atoms with Crippen molar-refractivity contribution in [3.05, 3.63) is 57.8 Å². The summed E-state index contributed by atoms with van der Waals surface area (Å²) in [6.45, 7) is 6.37. The number of aryl methyl sites for hydroxylation is 1. The van der Waals surface area contributed by atoms with Crippen molar-refractivity contribution in [2.45, 2.75) is 45.3 Å². The topological polar surface area (TPSA) is 39.7 Å². The molecule has 1 fully saturated rings. The minimum Gasteiger partial charge on any atom is -0.354 e. The lowest BCUT2D eigenvalue weighted by Crippen LogP contribution is -2.48. The van der Waals surface area contributed by atoms with E-state index in [0.717, 1.165) is 51.4 Å². The third kappa shape index (κ3) is 5.58. The van der Waals surface area contributed by atoms with Crippen LogP contribution in [0.2, 0.25) is 0 Å². The van der Waals surface area contributed by atoms with Crippen LogP contribution >= 0.6 is 11.3 Å². The van der Waals surface area contributed by atoms with Crippen LogP contribution in [0.25, 0.3) is 0 Å². The van der Waals surface area contributed by atoms with Crippen LogP contribution in [0, 0.1) is 0 Å². The lowest BCUT2D eigenvalue weighted by molar-refractivity contribution is 0.198. The average Bonchev–Trinajstić information content (AvgIpc) is 3.15. The standard InChI is InChI=1S/C21H30N4S/c1-3-19-9-10-20(26-19)15-23-21(22-2)24-18-11-13-25(14-12-18)16-17-7-5-4-6-8-17/h4-10,18H,3,11-16H2,1-2H3,(H2,22,23,24). The molecule has 0 aliphatic carbocycles. The minimum atomic E-state index is 0.503. The minimum absolute atomic E-state index is 0.503. The van der Waals surface area contributed by atoms with Crippen LogP contribution in [0.3, 0.4) is 0 Å². The van der Waals surface area contributed by atoms with Gasteiger partial charge in [-0.25, -0.2) is 0 Å².